The fourth-order valence-electron chi connectivity index (χ4n) is 4.14. The van der Waals surface area contributed by atoms with E-state index in [4.69, 9.17) is 4.74 Å². The molecule has 0 amide bonds. The zero-order valence-electron chi connectivity index (χ0n) is 18.8. The summed E-state index contributed by atoms with van der Waals surface area (Å²) in [7, 11) is 2.20. The van der Waals surface area contributed by atoms with E-state index in [0.29, 0.717) is 6.61 Å². The summed E-state index contributed by atoms with van der Waals surface area (Å²) in [6, 6.07) is 17.5. The van der Waals surface area contributed by atoms with Crippen LogP contribution in [0, 0.1) is 0 Å². The lowest BCUT2D eigenvalue weighted by molar-refractivity contribution is 0.312. The summed E-state index contributed by atoms with van der Waals surface area (Å²) in [5.74, 6) is 1.02. The van der Waals surface area contributed by atoms with Crippen LogP contribution in [0.5, 0.6) is 5.75 Å². The van der Waals surface area contributed by atoms with E-state index in [1.165, 1.54) is 22.4 Å². The summed E-state index contributed by atoms with van der Waals surface area (Å²) in [6.07, 6.45) is 6.88. The van der Waals surface area contributed by atoms with Gasteiger partial charge in [-0.25, -0.2) is 0 Å². The van der Waals surface area contributed by atoms with Crippen molar-refractivity contribution >= 4 is 5.69 Å². The van der Waals surface area contributed by atoms with Crippen molar-refractivity contribution in [1.82, 2.24) is 14.7 Å². The molecule has 1 fully saturated rings. The summed E-state index contributed by atoms with van der Waals surface area (Å²) in [5.41, 5.74) is 5.17. The Morgan fingerprint density at radius 2 is 1.81 bits per heavy atom. The minimum absolute atomic E-state index is 0.689. The molecule has 0 bridgehead atoms. The van der Waals surface area contributed by atoms with Gasteiger partial charge in [-0.3, -0.25) is 4.68 Å². The fraction of sp³-hybridized carbons (Fsp3) is 0.423. The molecular weight excluding hydrogens is 384 g/mol. The van der Waals surface area contributed by atoms with Crippen LogP contribution in [0.25, 0.3) is 0 Å². The van der Waals surface area contributed by atoms with Gasteiger partial charge in [-0.2, -0.15) is 5.10 Å². The highest BCUT2D eigenvalue weighted by Crippen LogP contribution is 2.24. The molecule has 1 saturated heterocycles. The van der Waals surface area contributed by atoms with Gasteiger partial charge in [0.25, 0.3) is 0 Å². The van der Waals surface area contributed by atoms with Crippen molar-refractivity contribution < 1.29 is 4.74 Å². The Hall–Kier alpha value is -2.79. The third-order valence-corrected chi connectivity index (χ3v) is 5.98. The third-order valence-electron chi connectivity index (χ3n) is 5.98. The number of likely N-dealkylation sites (N-methyl/N-ethyl adjacent to an activating group) is 1. The predicted molar refractivity (Wildman–Crippen MR) is 127 cm³/mol. The Morgan fingerprint density at radius 1 is 0.935 bits per heavy atom. The number of aryl methyl sites for hydroxylation is 1. The molecule has 0 spiro atoms. The SMILES string of the molecule is CCCc1ccc(Cn2cccn2)cc1OCCc1cccc(N2CCN(C)CC2)c1. The Labute approximate surface area is 186 Å². The molecule has 0 unspecified atom stereocenters. The summed E-state index contributed by atoms with van der Waals surface area (Å²) >= 11 is 0. The van der Waals surface area contributed by atoms with Crippen molar-refractivity contribution in [2.24, 2.45) is 0 Å². The van der Waals surface area contributed by atoms with Crippen LogP contribution in [0.1, 0.15) is 30.0 Å². The van der Waals surface area contributed by atoms with Gasteiger partial charge in [0, 0.05) is 50.7 Å². The number of ether oxygens (including phenoxy) is 1. The first-order valence-electron chi connectivity index (χ1n) is 11.5. The molecule has 5 heteroatoms. The lowest BCUT2D eigenvalue weighted by Crippen LogP contribution is -2.44. The first-order valence-corrected chi connectivity index (χ1v) is 11.5. The van der Waals surface area contributed by atoms with E-state index < -0.39 is 0 Å². The molecule has 4 rings (SSSR count). The number of piperazine rings is 1. The van der Waals surface area contributed by atoms with Gasteiger partial charge < -0.3 is 14.5 Å². The van der Waals surface area contributed by atoms with Crippen molar-refractivity contribution in [2.45, 2.75) is 32.7 Å². The molecular formula is C26H34N4O. The topological polar surface area (TPSA) is 33.5 Å². The van der Waals surface area contributed by atoms with Crippen LogP contribution in [0.4, 0.5) is 5.69 Å². The van der Waals surface area contributed by atoms with E-state index in [1.807, 2.05) is 23.1 Å². The lowest BCUT2D eigenvalue weighted by atomic mass is 10.1. The van der Waals surface area contributed by atoms with Crippen LogP contribution in [0.2, 0.25) is 0 Å². The quantitative estimate of drug-likeness (QED) is 0.520. The smallest absolute Gasteiger partial charge is 0.122 e. The van der Waals surface area contributed by atoms with Gasteiger partial charge in [-0.15, -0.1) is 0 Å². The maximum atomic E-state index is 6.30. The van der Waals surface area contributed by atoms with Crippen molar-refractivity contribution in [3.63, 3.8) is 0 Å². The molecule has 0 atom stereocenters. The standard InChI is InChI=1S/C26H34N4O/c1-3-6-24-10-9-23(21-30-13-5-12-27-30)20-26(24)31-18-11-22-7-4-8-25(19-22)29-16-14-28(2)15-17-29/h4-5,7-10,12-13,19-20H,3,6,11,14-18,21H2,1-2H3. The molecule has 0 N–H and O–H groups in total. The Bertz CT molecular complexity index is 946. The maximum absolute atomic E-state index is 6.30. The van der Waals surface area contributed by atoms with Crippen molar-refractivity contribution in [1.29, 1.82) is 0 Å². The maximum Gasteiger partial charge on any atom is 0.122 e. The van der Waals surface area contributed by atoms with Gasteiger partial charge in [0.15, 0.2) is 0 Å². The van der Waals surface area contributed by atoms with E-state index in [0.717, 1.165) is 57.7 Å². The monoisotopic (exact) mass is 418 g/mol. The average molecular weight is 419 g/mol. The summed E-state index contributed by atoms with van der Waals surface area (Å²) in [4.78, 5) is 4.88. The molecule has 31 heavy (non-hydrogen) atoms. The van der Waals surface area contributed by atoms with Crippen LogP contribution in [0.15, 0.2) is 60.9 Å². The molecule has 0 aliphatic carbocycles. The van der Waals surface area contributed by atoms with Gasteiger partial charge in [-0.1, -0.05) is 37.6 Å². The minimum Gasteiger partial charge on any atom is -0.493 e. The average Bonchev–Trinajstić information content (AvgIpc) is 3.29. The zero-order chi connectivity index (χ0) is 21.5. The number of benzene rings is 2. The van der Waals surface area contributed by atoms with Gasteiger partial charge in [0.2, 0.25) is 0 Å². The molecule has 164 valence electrons. The molecule has 0 saturated carbocycles. The lowest BCUT2D eigenvalue weighted by Gasteiger charge is -2.34. The predicted octanol–water partition coefficient (Wildman–Crippen LogP) is 4.26. The van der Waals surface area contributed by atoms with Crippen molar-refractivity contribution in [2.75, 3.05) is 44.7 Å². The van der Waals surface area contributed by atoms with Gasteiger partial charge in [0.1, 0.15) is 5.75 Å². The molecule has 5 nitrogen and oxygen atoms in total. The van der Waals surface area contributed by atoms with Crippen LogP contribution >= 0.6 is 0 Å². The Balaban J connectivity index is 1.38. The Morgan fingerprint density at radius 3 is 2.58 bits per heavy atom. The van der Waals surface area contributed by atoms with E-state index in [2.05, 4.69) is 71.3 Å². The van der Waals surface area contributed by atoms with Crippen LogP contribution in [-0.4, -0.2) is 54.5 Å². The second-order valence-electron chi connectivity index (χ2n) is 8.45. The van der Waals surface area contributed by atoms with E-state index >= 15 is 0 Å². The largest absolute Gasteiger partial charge is 0.493 e. The summed E-state index contributed by atoms with van der Waals surface area (Å²) in [6.45, 7) is 8.12. The number of aromatic nitrogens is 2. The highest BCUT2D eigenvalue weighted by molar-refractivity contribution is 5.49. The summed E-state index contributed by atoms with van der Waals surface area (Å²) in [5, 5.41) is 4.32. The first kappa shape index (κ1) is 21.4. The highest BCUT2D eigenvalue weighted by atomic mass is 16.5. The second-order valence-corrected chi connectivity index (χ2v) is 8.45. The van der Waals surface area contributed by atoms with Crippen LogP contribution < -0.4 is 9.64 Å². The van der Waals surface area contributed by atoms with E-state index in [-0.39, 0.29) is 0 Å². The Kier molecular flexibility index (Phi) is 7.26. The molecule has 3 aromatic rings. The molecule has 2 heterocycles. The third kappa shape index (κ3) is 5.88. The molecule has 1 aliphatic rings. The van der Waals surface area contributed by atoms with Crippen LogP contribution in [-0.2, 0) is 19.4 Å². The normalized spacial score (nSPS) is 14.7. The molecule has 2 aromatic carbocycles. The molecule has 1 aliphatic heterocycles. The first-order chi connectivity index (χ1) is 15.2. The van der Waals surface area contributed by atoms with Gasteiger partial charge in [0.05, 0.1) is 13.2 Å². The van der Waals surface area contributed by atoms with Crippen molar-refractivity contribution in [3.8, 4) is 5.75 Å². The fourth-order valence-corrected chi connectivity index (χ4v) is 4.14. The van der Waals surface area contributed by atoms with E-state index in [1.54, 1.807) is 0 Å². The van der Waals surface area contributed by atoms with Gasteiger partial charge in [-0.05, 0) is 54.4 Å². The number of rotatable bonds is 9. The zero-order valence-corrected chi connectivity index (χ0v) is 18.8. The number of hydrogen-bond donors (Lipinski definition) is 0. The summed E-state index contributed by atoms with van der Waals surface area (Å²) < 4.78 is 8.25. The number of nitrogens with zero attached hydrogens (tertiary/aromatic N) is 4. The van der Waals surface area contributed by atoms with Gasteiger partial charge >= 0.3 is 0 Å². The minimum atomic E-state index is 0.689. The molecule has 1 aromatic heterocycles. The highest BCUT2D eigenvalue weighted by Gasteiger charge is 2.14. The van der Waals surface area contributed by atoms with Crippen molar-refractivity contribution in [3.05, 3.63) is 77.6 Å². The number of anilines is 1. The molecule has 0 radical (unpaired) electrons. The van der Waals surface area contributed by atoms with E-state index in [9.17, 15) is 0 Å². The van der Waals surface area contributed by atoms with Crippen LogP contribution in [0.3, 0.4) is 0 Å². The number of hydrogen-bond acceptors (Lipinski definition) is 4. The second kappa shape index (κ2) is 10.5.